The van der Waals surface area contributed by atoms with Crippen molar-refractivity contribution >= 4 is 47.0 Å². The topological polar surface area (TPSA) is 128 Å². The van der Waals surface area contributed by atoms with E-state index < -0.39 is 29.7 Å². The van der Waals surface area contributed by atoms with Gasteiger partial charge in [-0.2, -0.15) is 5.10 Å². The summed E-state index contributed by atoms with van der Waals surface area (Å²) >= 11 is 0. The average Bonchev–Trinajstić information content (AvgIpc) is 3.54. The number of piperidine rings is 1. The number of unbranched alkanes of at least 4 members (excludes halogenated alkanes) is 2. The first-order chi connectivity index (χ1) is 18.4. The van der Waals surface area contributed by atoms with Crippen LogP contribution in [0.5, 0.6) is 0 Å². The van der Waals surface area contributed by atoms with Crippen LogP contribution in [-0.2, 0) is 9.59 Å². The van der Waals surface area contributed by atoms with Gasteiger partial charge in [-0.15, -0.1) is 0 Å². The van der Waals surface area contributed by atoms with E-state index in [0.717, 1.165) is 42.8 Å². The van der Waals surface area contributed by atoms with Gasteiger partial charge in [0.1, 0.15) is 6.04 Å². The van der Waals surface area contributed by atoms with Crippen LogP contribution in [0.3, 0.4) is 0 Å². The van der Waals surface area contributed by atoms with Gasteiger partial charge in [0.15, 0.2) is 5.78 Å². The minimum absolute atomic E-state index is 0.0861. The van der Waals surface area contributed by atoms with Crippen molar-refractivity contribution in [3.63, 3.8) is 0 Å². The van der Waals surface area contributed by atoms with Crippen LogP contribution >= 0.6 is 0 Å². The molecule has 0 saturated carbocycles. The lowest BCUT2D eigenvalue weighted by Gasteiger charge is -2.27. The number of rotatable bonds is 10. The number of anilines is 2. The second kappa shape index (κ2) is 11.0. The highest BCUT2D eigenvalue weighted by atomic mass is 16.2. The number of hydrogen-bond donors (Lipinski definition) is 2. The number of nitrogens with one attached hydrogen (secondary N) is 2. The van der Waals surface area contributed by atoms with Gasteiger partial charge in [-0.25, -0.2) is 0 Å². The van der Waals surface area contributed by atoms with E-state index >= 15 is 0 Å². The second-order valence-electron chi connectivity index (χ2n) is 9.62. The Morgan fingerprint density at radius 3 is 2.50 bits per heavy atom. The number of hydrazone groups is 1. The van der Waals surface area contributed by atoms with Gasteiger partial charge in [-0.3, -0.25) is 39.2 Å². The van der Waals surface area contributed by atoms with Crippen LogP contribution in [0, 0.1) is 0 Å². The van der Waals surface area contributed by atoms with Crippen LogP contribution in [-0.4, -0.2) is 59.7 Å². The molecule has 0 spiro atoms. The first-order valence-electron chi connectivity index (χ1n) is 12.9. The molecule has 3 aliphatic rings. The Bertz CT molecular complexity index is 1320. The summed E-state index contributed by atoms with van der Waals surface area (Å²) in [6.07, 6.45) is 5.99. The Morgan fingerprint density at radius 1 is 0.974 bits per heavy atom. The fourth-order valence-electron chi connectivity index (χ4n) is 4.95. The van der Waals surface area contributed by atoms with E-state index in [9.17, 15) is 24.0 Å². The molecule has 1 atom stereocenters. The van der Waals surface area contributed by atoms with Gasteiger partial charge < -0.3 is 5.32 Å². The first kappa shape index (κ1) is 25.3. The zero-order valence-electron chi connectivity index (χ0n) is 20.9. The predicted molar refractivity (Wildman–Crippen MR) is 141 cm³/mol. The molecule has 3 heterocycles. The van der Waals surface area contributed by atoms with Crippen LogP contribution in [0.2, 0.25) is 0 Å². The molecule has 0 radical (unpaired) electrons. The molecule has 38 heavy (non-hydrogen) atoms. The second-order valence-corrected chi connectivity index (χ2v) is 9.62. The molecule has 5 rings (SSSR count). The van der Waals surface area contributed by atoms with E-state index in [2.05, 4.69) is 15.7 Å². The quantitative estimate of drug-likeness (QED) is 0.283. The maximum absolute atomic E-state index is 12.9. The number of nitrogens with zero attached hydrogens (tertiary/aromatic N) is 3. The van der Waals surface area contributed by atoms with E-state index in [-0.39, 0.29) is 29.8 Å². The highest BCUT2D eigenvalue weighted by molar-refractivity contribution is 6.23. The number of benzene rings is 2. The third-order valence-corrected chi connectivity index (χ3v) is 7.03. The number of amides is 4. The van der Waals surface area contributed by atoms with Crippen LogP contribution in [0.1, 0.15) is 76.0 Å². The molecule has 0 aromatic heterocycles. The summed E-state index contributed by atoms with van der Waals surface area (Å²) in [6, 6.07) is 11.5. The number of Topliss-reactive ketones (excluding diaryl/α,β-unsaturated/α-hetero) is 1. The van der Waals surface area contributed by atoms with Gasteiger partial charge in [-0.05, 0) is 61.7 Å². The summed E-state index contributed by atoms with van der Waals surface area (Å²) in [6.45, 7) is 1.51. The molecular weight excluding hydrogens is 486 g/mol. The molecule has 10 nitrogen and oxygen atoms in total. The maximum atomic E-state index is 12.9. The van der Waals surface area contributed by atoms with Crippen LogP contribution in [0.15, 0.2) is 47.6 Å². The number of imide groups is 2. The molecule has 0 bridgehead atoms. The highest BCUT2D eigenvalue weighted by Gasteiger charge is 2.44. The van der Waals surface area contributed by atoms with Crippen molar-refractivity contribution in [1.82, 2.24) is 10.2 Å². The number of carbonyl (C=O) groups excluding carboxylic acids is 5. The molecule has 1 saturated heterocycles. The SMILES string of the molecule is O=C1CCC(N2C(=O)c3ccc(NCCCCCC(=O)c4ccc(N5CCC=N5)cc4)cc3C2=O)C(=O)N1. The van der Waals surface area contributed by atoms with Crippen molar-refractivity contribution in [2.75, 3.05) is 23.4 Å². The van der Waals surface area contributed by atoms with Gasteiger partial charge in [0.25, 0.3) is 11.8 Å². The van der Waals surface area contributed by atoms with Crippen LogP contribution in [0.4, 0.5) is 11.4 Å². The third-order valence-electron chi connectivity index (χ3n) is 7.03. The van der Waals surface area contributed by atoms with Crippen LogP contribution < -0.4 is 15.6 Å². The monoisotopic (exact) mass is 515 g/mol. The number of hydrogen-bond acceptors (Lipinski definition) is 8. The van der Waals surface area contributed by atoms with Gasteiger partial charge in [0.2, 0.25) is 11.8 Å². The lowest BCUT2D eigenvalue weighted by molar-refractivity contribution is -0.136. The minimum Gasteiger partial charge on any atom is -0.385 e. The van der Waals surface area contributed by atoms with Gasteiger partial charge in [-0.1, -0.05) is 6.42 Å². The number of carbonyl (C=O) groups is 5. The fraction of sp³-hybridized carbons (Fsp3) is 0.357. The summed E-state index contributed by atoms with van der Waals surface area (Å²) in [7, 11) is 0. The summed E-state index contributed by atoms with van der Waals surface area (Å²) in [5, 5.41) is 11.7. The summed E-state index contributed by atoms with van der Waals surface area (Å²) in [5.74, 6) is -1.95. The lowest BCUT2D eigenvalue weighted by atomic mass is 10.0. The average molecular weight is 516 g/mol. The Kier molecular flexibility index (Phi) is 7.30. The summed E-state index contributed by atoms with van der Waals surface area (Å²) in [5.41, 5.74) is 2.90. The van der Waals surface area contributed by atoms with Gasteiger partial charge >= 0.3 is 0 Å². The molecular formula is C28H29N5O5. The molecule has 2 aromatic carbocycles. The molecule has 3 aliphatic heterocycles. The van der Waals surface area contributed by atoms with Gasteiger partial charge in [0, 0.05) is 49.8 Å². The zero-order valence-corrected chi connectivity index (χ0v) is 20.9. The predicted octanol–water partition coefficient (Wildman–Crippen LogP) is 3.14. The number of ketones is 1. The molecule has 0 aliphatic carbocycles. The van der Waals surface area contributed by atoms with E-state index in [1.165, 1.54) is 0 Å². The molecule has 1 unspecified atom stereocenters. The summed E-state index contributed by atoms with van der Waals surface area (Å²) < 4.78 is 0. The smallest absolute Gasteiger partial charge is 0.262 e. The number of fused-ring (bicyclic) bond motifs is 1. The Balaban J connectivity index is 1.06. The third kappa shape index (κ3) is 5.20. The van der Waals surface area contributed by atoms with Crippen molar-refractivity contribution in [1.29, 1.82) is 0 Å². The summed E-state index contributed by atoms with van der Waals surface area (Å²) in [4.78, 5) is 62.8. The fourth-order valence-corrected chi connectivity index (χ4v) is 4.95. The zero-order chi connectivity index (χ0) is 26.6. The van der Waals surface area contributed by atoms with Crippen LogP contribution in [0.25, 0.3) is 0 Å². The maximum Gasteiger partial charge on any atom is 0.262 e. The molecule has 2 N–H and O–H groups in total. The first-order valence-corrected chi connectivity index (χ1v) is 12.9. The molecule has 196 valence electrons. The van der Waals surface area contributed by atoms with E-state index in [4.69, 9.17) is 0 Å². The van der Waals surface area contributed by atoms with Crippen molar-refractivity contribution in [3.8, 4) is 0 Å². The Labute approximate surface area is 220 Å². The van der Waals surface area contributed by atoms with Crippen molar-refractivity contribution < 1.29 is 24.0 Å². The Morgan fingerprint density at radius 2 is 1.76 bits per heavy atom. The molecule has 10 heteroatoms. The molecule has 1 fully saturated rings. The van der Waals surface area contributed by atoms with E-state index in [0.29, 0.717) is 24.2 Å². The van der Waals surface area contributed by atoms with Gasteiger partial charge in [0.05, 0.1) is 16.8 Å². The van der Waals surface area contributed by atoms with E-state index in [1.807, 2.05) is 35.5 Å². The molecule has 4 amide bonds. The normalized spacial score (nSPS) is 18.7. The molecule has 2 aromatic rings. The standard InChI is InChI=1S/C28H29N5O5/c34-24(18-6-9-20(10-7-18)32-16-4-15-30-32)5-2-1-3-14-29-19-8-11-21-22(17-19)28(38)33(27(21)37)23-12-13-25(35)31-26(23)36/h6-11,15,17,23,29H,1-5,12-14,16H2,(H,31,35,36). The van der Waals surface area contributed by atoms with Crippen molar-refractivity contribution in [2.45, 2.75) is 51.0 Å². The van der Waals surface area contributed by atoms with E-state index in [1.54, 1.807) is 18.2 Å². The lowest BCUT2D eigenvalue weighted by Crippen LogP contribution is -2.54. The largest absolute Gasteiger partial charge is 0.385 e. The van der Waals surface area contributed by atoms with Crippen molar-refractivity contribution in [3.05, 3.63) is 59.2 Å². The minimum atomic E-state index is -0.976. The Hall–Kier alpha value is -4.34. The highest BCUT2D eigenvalue weighted by Crippen LogP contribution is 2.29. The van der Waals surface area contributed by atoms with Crippen molar-refractivity contribution in [2.24, 2.45) is 5.10 Å².